The molecule has 120 valence electrons. The summed E-state index contributed by atoms with van der Waals surface area (Å²) < 4.78 is 14.7. The molecule has 1 heterocycles. The van der Waals surface area contributed by atoms with E-state index in [4.69, 9.17) is 17.3 Å². The molecule has 3 rings (SSSR count). The van der Waals surface area contributed by atoms with Crippen molar-refractivity contribution in [1.29, 1.82) is 0 Å². The van der Waals surface area contributed by atoms with Crippen molar-refractivity contribution >= 4 is 24.4 Å². The number of halogens is 1. The average Bonchev–Trinajstić information content (AvgIpc) is 2.95. The summed E-state index contributed by atoms with van der Waals surface area (Å²) >= 11 is 5.15. The Morgan fingerprint density at radius 2 is 1.88 bits per heavy atom. The number of aromatic amines is 1. The number of H-pyrrole nitrogens is 1. The standard InChI is InChI=1S/C16H11FN4O2S/c17-13-7-5-11(6-8-13)14-19-20-16(24)21(14)18-9-10-1-3-12(4-2-10)15(22)23/h1-9H,(H,20,24)(H,22,23). The average molecular weight is 342 g/mol. The Morgan fingerprint density at radius 1 is 1.21 bits per heavy atom. The Balaban J connectivity index is 1.92. The molecule has 0 fully saturated rings. The number of carboxylic acids is 1. The molecule has 0 atom stereocenters. The van der Waals surface area contributed by atoms with E-state index in [2.05, 4.69) is 15.3 Å². The molecule has 0 aliphatic rings. The lowest BCUT2D eigenvalue weighted by Gasteiger charge is -2.01. The van der Waals surface area contributed by atoms with Crippen molar-refractivity contribution in [3.8, 4) is 11.4 Å². The van der Waals surface area contributed by atoms with Crippen LogP contribution in [0.15, 0.2) is 53.6 Å². The first-order valence-electron chi connectivity index (χ1n) is 6.85. The van der Waals surface area contributed by atoms with Crippen molar-refractivity contribution in [1.82, 2.24) is 14.9 Å². The van der Waals surface area contributed by atoms with Crippen LogP contribution in [0.1, 0.15) is 15.9 Å². The van der Waals surface area contributed by atoms with Crippen LogP contribution in [-0.2, 0) is 0 Å². The number of nitrogens with one attached hydrogen (secondary N) is 1. The van der Waals surface area contributed by atoms with Crippen molar-refractivity contribution in [3.05, 3.63) is 70.2 Å². The smallest absolute Gasteiger partial charge is 0.335 e. The zero-order valence-electron chi connectivity index (χ0n) is 12.2. The van der Waals surface area contributed by atoms with Gasteiger partial charge in [-0.3, -0.25) is 0 Å². The number of aromatic nitrogens is 3. The lowest BCUT2D eigenvalue weighted by molar-refractivity contribution is 0.0697. The summed E-state index contributed by atoms with van der Waals surface area (Å²) in [7, 11) is 0. The van der Waals surface area contributed by atoms with Gasteiger partial charge < -0.3 is 5.11 Å². The topological polar surface area (TPSA) is 83.3 Å². The summed E-state index contributed by atoms with van der Waals surface area (Å²) in [5, 5.41) is 19.9. The number of carbonyl (C=O) groups is 1. The van der Waals surface area contributed by atoms with Crippen molar-refractivity contribution in [2.75, 3.05) is 0 Å². The molecule has 0 radical (unpaired) electrons. The number of hydrogen-bond donors (Lipinski definition) is 2. The monoisotopic (exact) mass is 342 g/mol. The van der Waals surface area contributed by atoms with E-state index in [1.807, 2.05) is 0 Å². The van der Waals surface area contributed by atoms with Gasteiger partial charge in [0.1, 0.15) is 5.82 Å². The van der Waals surface area contributed by atoms with Crippen LogP contribution in [0, 0.1) is 10.6 Å². The van der Waals surface area contributed by atoms with Crippen LogP contribution < -0.4 is 0 Å². The third kappa shape index (κ3) is 3.28. The van der Waals surface area contributed by atoms with Gasteiger partial charge in [-0.1, -0.05) is 12.1 Å². The largest absolute Gasteiger partial charge is 0.478 e. The van der Waals surface area contributed by atoms with Gasteiger partial charge in [-0.15, -0.1) is 0 Å². The summed E-state index contributed by atoms with van der Waals surface area (Å²) in [6, 6.07) is 12.0. The number of carboxylic acid groups (broad SMARTS) is 1. The van der Waals surface area contributed by atoms with Gasteiger partial charge in [0.15, 0.2) is 5.82 Å². The molecule has 6 nitrogen and oxygen atoms in total. The van der Waals surface area contributed by atoms with Crippen molar-refractivity contribution < 1.29 is 14.3 Å². The number of nitrogens with zero attached hydrogens (tertiary/aromatic N) is 3. The maximum Gasteiger partial charge on any atom is 0.335 e. The third-order valence-corrected chi connectivity index (χ3v) is 3.50. The Bertz CT molecular complexity index is 959. The molecular formula is C16H11FN4O2S. The zero-order valence-corrected chi connectivity index (χ0v) is 13.0. The van der Waals surface area contributed by atoms with E-state index >= 15 is 0 Å². The molecular weight excluding hydrogens is 331 g/mol. The molecule has 24 heavy (non-hydrogen) atoms. The highest BCUT2D eigenvalue weighted by Crippen LogP contribution is 2.17. The van der Waals surface area contributed by atoms with E-state index in [0.717, 1.165) is 0 Å². The second-order valence-corrected chi connectivity index (χ2v) is 5.23. The fourth-order valence-electron chi connectivity index (χ4n) is 2.02. The van der Waals surface area contributed by atoms with Crippen molar-refractivity contribution in [2.45, 2.75) is 0 Å². The van der Waals surface area contributed by atoms with Gasteiger partial charge in [0.25, 0.3) is 0 Å². The molecule has 3 aromatic rings. The first kappa shape index (κ1) is 15.8. The number of hydrogen-bond acceptors (Lipinski definition) is 4. The second kappa shape index (κ2) is 6.55. The highest BCUT2D eigenvalue weighted by molar-refractivity contribution is 7.71. The fraction of sp³-hybridized carbons (Fsp3) is 0. The fourth-order valence-corrected chi connectivity index (χ4v) is 2.20. The van der Waals surface area contributed by atoms with Crippen molar-refractivity contribution in [3.63, 3.8) is 0 Å². The normalized spacial score (nSPS) is 11.0. The quantitative estimate of drug-likeness (QED) is 0.563. The summed E-state index contributed by atoms with van der Waals surface area (Å²) in [5.74, 6) is -0.894. The molecule has 0 spiro atoms. The highest BCUT2D eigenvalue weighted by atomic mass is 32.1. The maximum atomic E-state index is 13.0. The van der Waals surface area contributed by atoms with E-state index in [1.54, 1.807) is 24.3 Å². The minimum absolute atomic E-state index is 0.194. The molecule has 0 unspecified atom stereocenters. The molecule has 0 saturated carbocycles. The van der Waals surface area contributed by atoms with Gasteiger partial charge in [-0.05, 0) is 54.2 Å². The van der Waals surface area contributed by atoms with Gasteiger partial charge >= 0.3 is 5.97 Å². The second-order valence-electron chi connectivity index (χ2n) is 4.84. The molecule has 0 aliphatic carbocycles. The van der Waals surface area contributed by atoms with E-state index in [0.29, 0.717) is 17.0 Å². The predicted octanol–water partition coefficient (Wildman–Crippen LogP) is 3.33. The van der Waals surface area contributed by atoms with Crippen LogP contribution in [0.3, 0.4) is 0 Å². The van der Waals surface area contributed by atoms with Gasteiger partial charge in [-0.2, -0.15) is 14.9 Å². The number of benzene rings is 2. The van der Waals surface area contributed by atoms with Crippen LogP contribution in [0.4, 0.5) is 4.39 Å². The van der Waals surface area contributed by atoms with E-state index in [9.17, 15) is 9.18 Å². The minimum Gasteiger partial charge on any atom is -0.478 e. The van der Waals surface area contributed by atoms with Crippen LogP contribution in [0.5, 0.6) is 0 Å². The molecule has 0 saturated heterocycles. The summed E-state index contributed by atoms with van der Waals surface area (Å²) in [6.45, 7) is 0. The maximum absolute atomic E-state index is 13.0. The molecule has 1 aromatic heterocycles. The van der Waals surface area contributed by atoms with Gasteiger partial charge in [0.2, 0.25) is 4.77 Å². The summed E-state index contributed by atoms with van der Waals surface area (Å²) in [5.41, 5.74) is 1.55. The molecule has 0 aliphatic heterocycles. The van der Waals surface area contributed by atoms with E-state index < -0.39 is 5.97 Å². The Labute approximate surface area is 140 Å². The Morgan fingerprint density at radius 3 is 2.50 bits per heavy atom. The predicted molar refractivity (Wildman–Crippen MR) is 89.2 cm³/mol. The van der Waals surface area contributed by atoms with Gasteiger partial charge in [0.05, 0.1) is 11.8 Å². The molecule has 2 aromatic carbocycles. The molecule has 8 heteroatoms. The summed E-state index contributed by atoms with van der Waals surface area (Å²) in [4.78, 5) is 10.8. The molecule has 2 N–H and O–H groups in total. The Kier molecular flexibility index (Phi) is 4.30. The minimum atomic E-state index is -0.992. The van der Waals surface area contributed by atoms with E-state index in [1.165, 1.54) is 35.2 Å². The number of rotatable bonds is 4. The first-order chi connectivity index (χ1) is 11.5. The third-order valence-electron chi connectivity index (χ3n) is 3.23. The van der Waals surface area contributed by atoms with Crippen LogP contribution >= 0.6 is 12.2 Å². The lowest BCUT2D eigenvalue weighted by Crippen LogP contribution is -1.97. The van der Waals surface area contributed by atoms with Crippen LogP contribution in [-0.4, -0.2) is 32.2 Å². The van der Waals surface area contributed by atoms with Crippen molar-refractivity contribution in [2.24, 2.45) is 5.10 Å². The molecule has 0 bridgehead atoms. The zero-order chi connectivity index (χ0) is 17.1. The first-order valence-corrected chi connectivity index (χ1v) is 7.26. The SMILES string of the molecule is O=C(O)c1ccc(C=Nn2c(-c3ccc(F)cc3)n[nH]c2=S)cc1. The van der Waals surface area contributed by atoms with E-state index in [-0.39, 0.29) is 16.2 Å². The number of aromatic carboxylic acids is 1. The van der Waals surface area contributed by atoms with Crippen LogP contribution in [0.25, 0.3) is 11.4 Å². The summed E-state index contributed by atoms with van der Waals surface area (Å²) in [6.07, 6.45) is 1.53. The van der Waals surface area contributed by atoms with Gasteiger partial charge in [-0.25, -0.2) is 14.3 Å². The highest BCUT2D eigenvalue weighted by Gasteiger charge is 2.08. The lowest BCUT2D eigenvalue weighted by atomic mass is 10.1. The molecule has 0 amide bonds. The van der Waals surface area contributed by atoms with Gasteiger partial charge in [0, 0.05) is 5.56 Å². The van der Waals surface area contributed by atoms with Crippen LogP contribution in [0.2, 0.25) is 0 Å². The Hall–Kier alpha value is -3.13.